The Kier molecular flexibility index (Phi) is 8.78. The first-order chi connectivity index (χ1) is 19.4. The van der Waals surface area contributed by atoms with Gasteiger partial charge < -0.3 is 14.0 Å². The molecule has 8 nitrogen and oxygen atoms in total. The fourth-order valence-corrected chi connectivity index (χ4v) is 5.02. The van der Waals surface area contributed by atoms with E-state index < -0.39 is 0 Å². The lowest BCUT2D eigenvalue weighted by molar-refractivity contribution is 0.210. The van der Waals surface area contributed by atoms with Crippen molar-refractivity contribution in [3.05, 3.63) is 110 Å². The van der Waals surface area contributed by atoms with E-state index in [-0.39, 0.29) is 6.10 Å². The van der Waals surface area contributed by atoms with Crippen molar-refractivity contribution in [3.63, 3.8) is 0 Å². The van der Waals surface area contributed by atoms with Crippen molar-refractivity contribution in [1.29, 1.82) is 0 Å². The molecular weight excluding hydrogens is 564 g/mol. The smallest absolute Gasteiger partial charge is 0.199 e. The number of H-pyrrole nitrogens is 2. The summed E-state index contributed by atoms with van der Waals surface area (Å²) < 4.78 is 17.1. The van der Waals surface area contributed by atoms with Crippen LogP contribution in [0.3, 0.4) is 0 Å². The number of hydrogen-bond acceptors (Lipinski definition) is 6. The molecule has 2 N–H and O–H groups in total. The Hall–Kier alpha value is -3.73. The van der Waals surface area contributed by atoms with E-state index in [9.17, 15) is 0 Å². The minimum atomic E-state index is -0.0577. The van der Waals surface area contributed by atoms with Crippen LogP contribution in [0.15, 0.2) is 72.8 Å². The second kappa shape index (κ2) is 12.6. The van der Waals surface area contributed by atoms with Gasteiger partial charge in [-0.05, 0) is 85.7 Å². The summed E-state index contributed by atoms with van der Waals surface area (Å²) >= 11 is 17.3. The Morgan fingerprint density at radius 3 is 2.38 bits per heavy atom. The number of hydrogen-bond donors (Lipinski definition) is 2. The third-order valence-corrected chi connectivity index (χ3v) is 7.50. The van der Waals surface area contributed by atoms with Crippen molar-refractivity contribution in [1.82, 2.24) is 29.5 Å². The Balaban J connectivity index is 1.20. The van der Waals surface area contributed by atoms with E-state index >= 15 is 0 Å². The number of benzene rings is 3. The van der Waals surface area contributed by atoms with Crippen LogP contribution in [0.4, 0.5) is 0 Å². The number of aryl methyl sites for hydroxylation is 1. The van der Waals surface area contributed by atoms with Crippen LogP contribution >= 0.6 is 36.0 Å². The summed E-state index contributed by atoms with van der Waals surface area (Å²) in [5, 5.41) is 14.9. The normalized spacial score (nSPS) is 11.9. The minimum absolute atomic E-state index is 0.0577. The van der Waals surface area contributed by atoms with Crippen LogP contribution in [0, 0.1) is 9.54 Å². The van der Waals surface area contributed by atoms with Crippen molar-refractivity contribution < 1.29 is 9.47 Å². The molecule has 0 saturated heterocycles. The third-order valence-electron chi connectivity index (χ3n) is 6.56. The van der Waals surface area contributed by atoms with Gasteiger partial charge in [0.05, 0.1) is 11.1 Å². The zero-order valence-corrected chi connectivity index (χ0v) is 24.5. The first-order valence-electron chi connectivity index (χ1n) is 12.9. The van der Waals surface area contributed by atoms with Crippen molar-refractivity contribution in [2.75, 3.05) is 0 Å². The van der Waals surface area contributed by atoms with Gasteiger partial charge in [0.25, 0.3) is 0 Å². The summed E-state index contributed by atoms with van der Waals surface area (Å²) in [5.74, 6) is 3.01. The van der Waals surface area contributed by atoms with Gasteiger partial charge in [0.15, 0.2) is 15.4 Å². The zero-order chi connectivity index (χ0) is 28.1. The summed E-state index contributed by atoms with van der Waals surface area (Å²) in [5.41, 5.74) is 3.07. The maximum Gasteiger partial charge on any atom is 0.199 e. The van der Waals surface area contributed by atoms with Crippen molar-refractivity contribution in [2.45, 2.75) is 38.9 Å². The van der Waals surface area contributed by atoms with Crippen LogP contribution in [0.5, 0.6) is 11.5 Å². The van der Waals surface area contributed by atoms with E-state index in [1.807, 2.05) is 85.3 Å². The van der Waals surface area contributed by atoms with Crippen molar-refractivity contribution >= 4 is 36.0 Å². The molecule has 0 amide bonds. The topological polar surface area (TPSA) is 85.7 Å². The van der Waals surface area contributed by atoms with E-state index in [1.54, 1.807) is 4.57 Å². The van der Waals surface area contributed by atoms with Gasteiger partial charge in [0, 0.05) is 19.2 Å². The quantitative estimate of drug-likeness (QED) is 0.162. The molecule has 0 bridgehead atoms. The zero-order valence-electron chi connectivity index (χ0n) is 22.1. The summed E-state index contributed by atoms with van der Waals surface area (Å²) in [6.45, 7) is 2.37. The summed E-state index contributed by atoms with van der Waals surface area (Å²) in [6, 6.07) is 23.8. The molecule has 0 aliphatic heterocycles. The molecule has 0 saturated carbocycles. The molecule has 0 spiro atoms. The van der Waals surface area contributed by atoms with Gasteiger partial charge in [-0.1, -0.05) is 54.1 Å². The largest absolute Gasteiger partial charge is 0.489 e. The SMILES string of the molecule is CC(CCc1ccccc1OCc1n[nH]c(=S)n1C)Oc1ccc(Cc2n[nH]c(=S)n2-c2ccccc2)cc1Cl. The number of rotatable bonds is 11. The number of ether oxygens (including phenoxy) is 2. The van der Waals surface area contributed by atoms with Crippen LogP contribution in [-0.4, -0.2) is 35.6 Å². The van der Waals surface area contributed by atoms with Gasteiger partial charge in [-0.15, -0.1) is 0 Å². The van der Waals surface area contributed by atoms with Crippen LogP contribution < -0.4 is 9.47 Å². The molecule has 0 fully saturated rings. The van der Waals surface area contributed by atoms with E-state index in [0.717, 1.165) is 47.1 Å². The molecule has 206 valence electrons. The number of para-hydroxylation sites is 2. The monoisotopic (exact) mass is 592 g/mol. The highest BCUT2D eigenvalue weighted by Gasteiger charge is 2.14. The number of aromatic nitrogens is 6. The first kappa shape index (κ1) is 27.8. The van der Waals surface area contributed by atoms with Crippen LogP contribution in [0.1, 0.15) is 36.1 Å². The predicted molar refractivity (Wildman–Crippen MR) is 161 cm³/mol. The molecule has 11 heteroatoms. The summed E-state index contributed by atoms with van der Waals surface area (Å²) in [4.78, 5) is 0. The van der Waals surface area contributed by atoms with E-state index in [0.29, 0.717) is 33.3 Å². The van der Waals surface area contributed by atoms with Gasteiger partial charge in [0.1, 0.15) is 23.9 Å². The molecule has 2 aromatic heterocycles. The van der Waals surface area contributed by atoms with E-state index in [1.165, 1.54) is 0 Å². The Labute approximate surface area is 247 Å². The fraction of sp³-hybridized carbons (Fsp3) is 0.241. The Morgan fingerprint density at radius 2 is 1.62 bits per heavy atom. The summed E-state index contributed by atoms with van der Waals surface area (Å²) in [6.07, 6.45) is 2.08. The molecule has 5 aromatic rings. The molecular formula is C29H29ClN6O2S2. The molecule has 2 heterocycles. The molecule has 0 aliphatic rings. The van der Waals surface area contributed by atoms with Crippen LogP contribution in [-0.2, 0) is 26.5 Å². The lowest BCUT2D eigenvalue weighted by atomic mass is 10.1. The van der Waals surface area contributed by atoms with Crippen molar-refractivity contribution in [3.8, 4) is 17.2 Å². The number of nitrogens with zero attached hydrogens (tertiary/aromatic N) is 4. The number of nitrogens with one attached hydrogen (secondary N) is 2. The first-order valence-corrected chi connectivity index (χ1v) is 14.1. The van der Waals surface area contributed by atoms with E-state index in [4.69, 9.17) is 45.5 Å². The standard InChI is InChI=1S/C29H29ClN6O2S2/c1-19(12-14-21-8-6-7-11-24(21)37-18-27-32-33-28(39)35(27)2)38-25-15-13-20(16-23(25)30)17-26-31-34-29(40)36(26)22-9-4-3-5-10-22/h3-11,13,15-16,19H,12,14,17-18H2,1-2H3,(H,33,39)(H,34,40). The fourth-order valence-electron chi connectivity index (χ4n) is 4.36. The molecule has 40 heavy (non-hydrogen) atoms. The molecule has 0 radical (unpaired) electrons. The van der Waals surface area contributed by atoms with Crippen LogP contribution in [0.25, 0.3) is 5.69 Å². The predicted octanol–water partition coefficient (Wildman–Crippen LogP) is 6.94. The minimum Gasteiger partial charge on any atom is -0.489 e. The van der Waals surface area contributed by atoms with Gasteiger partial charge in [-0.3, -0.25) is 14.8 Å². The van der Waals surface area contributed by atoms with E-state index in [2.05, 4.69) is 26.5 Å². The lowest BCUT2D eigenvalue weighted by Gasteiger charge is -2.17. The number of aromatic amines is 2. The van der Waals surface area contributed by atoms with Gasteiger partial charge in [-0.2, -0.15) is 10.2 Å². The highest BCUT2D eigenvalue weighted by molar-refractivity contribution is 7.71. The second-order valence-electron chi connectivity index (χ2n) is 9.43. The third kappa shape index (κ3) is 6.52. The molecule has 5 rings (SSSR count). The second-order valence-corrected chi connectivity index (χ2v) is 10.6. The highest BCUT2D eigenvalue weighted by Crippen LogP contribution is 2.29. The van der Waals surface area contributed by atoms with Gasteiger partial charge in [0.2, 0.25) is 0 Å². The van der Waals surface area contributed by atoms with Crippen molar-refractivity contribution in [2.24, 2.45) is 7.05 Å². The lowest BCUT2D eigenvalue weighted by Crippen LogP contribution is -2.13. The van der Waals surface area contributed by atoms with Gasteiger partial charge in [-0.25, -0.2) is 0 Å². The average Bonchev–Trinajstić information content (AvgIpc) is 3.49. The van der Waals surface area contributed by atoms with Gasteiger partial charge >= 0.3 is 0 Å². The molecule has 3 aromatic carbocycles. The molecule has 1 unspecified atom stereocenters. The Morgan fingerprint density at radius 1 is 0.900 bits per heavy atom. The van der Waals surface area contributed by atoms with Crippen LogP contribution in [0.2, 0.25) is 5.02 Å². The average molecular weight is 593 g/mol. The molecule has 0 aliphatic carbocycles. The highest BCUT2D eigenvalue weighted by atomic mass is 35.5. The number of halogens is 1. The maximum atomic E-state index is 6.64. The Bertz CT molecular complexity index is 1710. The molecule has 1 atom stereocenters. The summed E-state index contributed by atoms with van der Waals surface area (Å²) in [7, 11) is 1.86. The maximum absolute atomic E-state index is 6.64.